The molecule has 5 aromatic rings. The number of methoxy groups -OCH3 is 1. The summed E-state index contributed by atoms with van der Waals surface area (Å²) in [6.45, 7) is 4.56. The van der Waals surface area contributed by atoms with E-state index in [1.807, 2.05) is 60.1 Å². The SMILES string of the molecule is COc1cc(-c2nn(C3CCC(N4CCN(C)CC4)CC3)c3ncnc(N)c23)ccc1NC(=O)c1cc2ccccc2n1C. The summed E-state index contributed by atoms with van der Waals surface area (Å²) in [5, 5.41) is 9.89. The maximum Gasteiger partial charge on any atom is 0.272 e. The molecule has 3 N–H and O–H groups in total. The van der Waals surface area contributed by atoms with Crippen molar-refractivity contribution < 1.29 is 9.53 Å². The lowest BCUT2D eigenvalue weighted by atomic mass is 9.90. The number of anilines is 2. The van der Waals surface area contributed by atoms with Crippen LogP contribution in [-0.4, -0.2) is 86.4 Å². The Morgan fingerprint density at radius 1 is 0.955 bits per heavy atom. The minimum atomic E-state index is -0.214. The number of nitrogens with zero attached hydrogens (tertiary/aromatic N) is 7. The van der Waals surface area contributed by atoms with Crippen LogP contribution in [0.25, 0.3) is 33.2 Å². The van der Waals surface area contributed by atoms with E-state index in [1.54, 1.807) is 7.11 Å². The third-order valence-corrected chi connectivity index (χ3v) is 9.49. The second-order valence-corrected chi connectivity index (χ2v) is 12.1. The molecule has 228 valence electrons. The molecule has 0 bridgehead atoms. The van der Waals surface area contributed by atoms with Crippen LogP contribution in [-0.2, 0) is 7.05 Å². The second-order valence-electron chi connectivity index (χ2n) is 12.1. The maximum atomic E-state index is 13.3. The highest BCUT2D eigenvalue weighted by molar-refractivity contribution is 6.07. The van der Waals surface area contributed by atoms with E-state index in [1.165, 1.54) is 6.33 Å². The molecular weight excluding hydrogens is 554 g/mol. The smallest absolute Gasteiger partial charge is 0.272 e. The molecule has 1 saturated carbocycles. The van der Waals surface area contributed by atoms with E-state index in [2.05, 4.69) is 36.8 Å². The largest absolute Gasteiger partial charge is 0.495 e. The number of carbonyl (C=O) groups excluding carboxylic acids is 1. The van der Waals surface area contributed by atoms with Crippen molar-refractivity contribution in [2.24, 2.45) is 7.05 Å². The number of nitrogens with two attached hydrogens (primary N) is 1. The Balaban J connectivity index is 1.15. The molecule has 0 unspecified atom stereocenters. The Bertz CT molecular complexity index is 1830. The lowest BCUT2D eigenvalue weighted by molar-refractivity contribution is 0.0815. The number of piperazine rings is 1. The van der Waals surface area contributed by atoms with Crippen molar-refractivity contribution in [3.05, 3.63) is 60.6 Å². The molecule has 3 aromatic heterocycles. The van der Waals surface area contributed by atoms with Crippen molar-refractivity contribution in [3.63, 3.8) is 0 Å². The number of carbonyl (C=O) groups is 1. The number of likely N-dealkylation sites (N-methyl/N-ethyl adjacent to an activating group) is 1. The Hall–Kier alpha value is -4.48. The fraction of sp³-hybridized carbons (Fsp3) is 0.394. The third-order valence-electron chi connectivity index (χ3n) is 9.49. The van der Waals surface area contributed by atoms with Crippen molar-refractivity contribution in [2.45, 2.75) is 37.8 Å². The first kappa shape index (κ1) is 28.3. The van der Waals surface area contributed by atoms with Gasteiger partial charge in [-0.05, 0) is 57.0 Å². The zero-order valence-electron chi connectivity index (χ0n) is 25.5. The van der Waals surface area contributed by atoms with Crippen LogP contribution in [0.5, 0.6) is 5.75 Å². The van der Waals surface area contributed by atoms with Crippen LogP contribution in [0.1, 0.15) is 42.2 Å². The first-order chi connectivity index (χ1) is 21.4. The molecule has 2 fully saturated rings. The van der Waals surface area contributed by atoms with E-state index in [9.17, 15) is 4.79 Å². The summed E-state index contributed by atoms with van der Waals surface area (Å²) in [5.74, 6) is 0.712. The number of nitrogen functional groups attached to an aromatic ring is 1. The summed E-state index contributed by atoms with van der Waals surface area (Å²) in [5.41, 5.74) is 10.9. The number of rotatable bonds is 6. The number of amides is 1. The second kappa shape index (κ2) is 11.5. The van der Waals surface area contributed by atoms with Gasteiger partial charge in [-0.25, -0.2) is 14.6 Å². The monoisotopic (exact) mass is 593 g/mol. The number of hydrogen-bond acceptors (Lipinski definition) is 8. The van der Waals surface area contributed by atoms with Crippen LogP contribution in [0.2, 0.25) is 0 Å². The first-order valence-corrected chi connectivity index (χ1v) is 15.4. The maximum absolute atomic E-state index is 13.3. The van der Waals surface area contributed by atoms with Gasteiger partial charge in [-0.3, -0.25) is 9.69 Å². The van der Waals surface area contributed by atoms with Crippen molar-refractivity contribution in [1.29, 1.82) is 0 Å². The van der Waals surface area contributed by atoms with Gasteiger partial charge in [0.05, 0.1) is 24.2 Å². The fourth-order valence-corrected chi connectivity index (χ4v) is 6.94. The van der Waals surface area contributed by atoms with Gasteiger partial charge in [0.2, 0.25) is 0 Å². The molecule has 4 heterocycles. The Kier molecular flexibility index (Phi) is 7.43. The third kappa shape index (κ3) is 5.05. The van der Waals surface area contributed by atoms with Crippen LogP contribution in [0.3, 0.4) is 0 Å². The molecule has 11 nitrogen and oxygen atoms in total. The van der Waals surface area contributed by atoms with E-state index in [0.717, 1.165) is 79.4 Å². The van der Waals surface area contributed by atoms with Crippen LogP contribution < -0.4 is 15.8 Å². The van der Waals surface area contributed by atoms with Crippen molar-refractivity contribution in [2.75, 3.05) is 51.4 Å². The molecular formula is C33H39N9O2. The lowest BCUT2D eigenvalue weighted by Gasteiger charge is -2.41. The van der Waals surface area contributed by atoms with Gasteiger partial charge in [-0.2, -0.15) is 5.10 Å². The van der Waals surface area contributed by atoms with Gasteiger partial charge >= 0.3 is 0 Å². The molecule has 0 radical (unpaired) electrons. The molecule has 1 amide bonds. The Morgan fingerprint density at radius 3 is 2.45 bits per heavy atom. The van der Waals surface area contributed by atoms with E-state index >= 15 is 0 Å². The van der Waals surface area contributed by atoms with E-state index in [4.69, 9.17) is 15.6 Å². The lowest BCUT2D eigenvalue weighted by Crippen LogP contribution is -2.49. The number of aryl methyl sites for hydroxylation is 1. The predicted octanol–water partition coefficient (Wildman–Crippen LogP) is 4.56. The van der Waals surface area contributed by atoms with E-state index in [-0.39, 0.29) is 11.9 Å². The Labute approximate surface area is 256 Å². The van der Waals surface area contributed by atoms with Gasteiger partial charge in [-0.1, -0.05) is 24.3 Å². The van der Waals surface area contributed by atoms with E-state index in [0.29, 0.717) is 34.7 Å². The number of para-hydroxylation sites is 1. The predicted molar refractivity (Wildman–Crippen MR) is 173 cm³/mol. The van der Waals surface area contributed by atoms with E-state index < -0.39 is 0 Å². The topological polar surface area (TPSA) is 119 Å². The number of fused-ring (bicyclic) bond motifs is 2. The number of hydrogen-bond donors (Lipinski definition) is 2. The molecule has 7 rings (SSSR count). The number of benzene rings is 2. The van der Waals surface area contributed by atoms with Gasteiger partial charge in [0.15, 0.2) is 5.65 Å². The highest BCUT2D eigenvalue weighted by Crippen LogP contribution is 2.39. The fourth-order valence-electron chi connectivity index (χ4n) is 6.94. The molecule has 2 aliphatic rings. The minimum Gasteiger partial charge on any atom is -0.495 e. The van der Waals surface area contributed by atoms with Crippen molar-refractivity contribution >= 4 is 39.3 Å². The molecule has 1 aliphatic carbocycles. The number of aromatic nitrogens is 5. The van der Waals surface area contributed by atoms with Crippen LogP contribution >= 0.6 is 0 Å². The Morgan fingerprint density at radius 2 is 1.70 bits per heavy atom. The quantitative estimate of drug-likeness (QED) is 0.294. The highest BCUT2D eigenvalue weighted by atomic mass is 16.5. The molecule has 11 heteroatoms. The summed E-state index contributed by atoms with van der Waals surface area (Å²) in [6, 6.07) is 16.4. The average molecular weight is 594 g/mol. The van der Waals surface area contributed by atoms with Gasteiger partial charge in [-0.15, -0.1) is 0 Å². The van der Waals surface area contributed by atoms with Gasteiger partial charge < -0.3 is 25.3 Å². The summed E-state index contributed by atoms with van der Waals surface area (Å²) < 4.78 is 9.70. The molecule has 2 aromatic carbocycles. The summed E-state index contributed by atoms with van der Waals surface area (Å²) in [4.78, 5) is 27.3. The normalized spacial score (nSPS) is 19.9. The molecule has 44 heavy (non-hydrogen) atoms. The first-order valence-electron chi connectivity index (χ1n) is 15.4. The minimum absolute atomic E-state index is 0.214. The number of nitrogens with one attached hydrogen (secondary N) is 1. The van der Waals surface area contributed by atoms with Crippen LogP contribution in [0.4, 0.5) is 11.5 Å². The average Bonchev–Trinajstić information content (AvgIpc) is 3.61. The van der Waals surface area contributed by atoms with Gasteiger partial charge in [0, 0.05) is 55.7 Å². The summed E-state index contributed by atoms with van der Waals surface area (Å²) >= 11 is 0. The van der Waals surface area contributed by atoms with Crippen molar-refractivity contribution in [3.8, 4) is 17.0 Å². The van der Waals surface area contributed by atoms with Crippen molar-refractivity contribution in [1.82, 2.24) is 34.1 Å². The van der Waals surface area contributed by atoms with Crippen LogP contribution in [0, 0.1) is 0 Å². The standard InChI is InChI=1S/C33H39N9O2/c1-39-14-16-41(17-15-39)23-9-11-24(12-10-23)42-32-29(31(34)35-20-36-32)30(38-42)22-8-13-25(28(19-22)44-3)37-33(43)27-18-21-6-4-5-7-26(21)40(27)2/h4-8,13,18-20,23-24H,9-12,14-17H2,1-3H3,(H,37,43)(H2,34,35,36). The molecule has 1 aliphatic heterocycles. The van der Waals surface area contributed by atoms with Crippen LogP contribution in [0.15, 0.2) is 54.9 Å². The van der Waals surface area contributed by atoms with Gasteiger partial charge in [0.25, 0.3) is 5.91 Å². The molecule has 1 saturated heterocycles. The molecule has 0 atom stereocenters. The summed E-state index contributed by atoms with van der Waals surface area (Å²) in [7, 11) is 5.69. The number of ether oxygens (including phenoxy) is 1. The zero-order chi connectivity index (χ0) is 30.4. The highest BCUT2D eigenvalue weighted by Gasteiger charge is 2.31. The van der Waals surface area contributed by atoms with Gasteiger partial charge in [0.1, 0.15) is 29.3 Å². The summed E-state index contributed by atoms with van der Waals surface area (Å²) in [6.07, 6.45) is 5.88. The zero-order valence-corrected chi connectivity index (χ0v) is 25.5. The molecule has 0 spiro atoms.